The van der Waals surface area contributed by atoms with Crippen molar-refractivity contribution < 1.29 is 19.1 Å². The lowest BCUT2D eigenvalue weighted by molar-refractivity contribution is 0.0689. The Morgan fingerprint density at radius 1 is 1.32 bits per heavy atom. The SMILES string of the molecule is CC(C)Nc1nc(C#N)c(C(=O)O)nc1N1CCC(C(=O)c2cc(Cl)ccc2F)CC1. The first-order valence-corrected chi connectivity index (χ1v) is 10.1. The fourth-order valence-corrected chi connectivity index (χ4v) is 3.68. The minimum atomic E-state index is -1.34. The predicted molar refractivity (Wildman–Crippen MR) is 113 cm³/mol. The van der Waals surface area contributed by atoms with Gasteiger partial charge >= 0.3 is 5.97 Å². The maximum Gasteiger partial charge on any atom is 0.357 e. The molecule has 0 bridgehead atoms. The molecule has 8 nitrogen and oxygen atoms in total. The van der Waals surface area contributed by atoms with Crippen LogP contribution in [0.3, 0.4) is 0 Å². The summed E-state index contributed by atoms with van der Waals surface area (Å²) < 4.78 is 14.1. The lowest BCUT2D eigenvalue weighted by atomic mass is 9.88. The summed E-state index contributed by atoms with van der Waals surface area (Å²) in [6.07, 6.45) is 0.853. The molecule has 1 aromatic heterocycles. The second-order valence-corrected chi connectivity index (χ2v) is 8.00. The van der Waals surface area contributed by atoms with E-state index in [4.69, 9.17) is 11.6 Å². The van der Waals surface area contributed by atoms with E-state index in [1.165, 1.54) is 18.2 Å². The Bertz CT molecular complexity index is 1060. The average Bonchev–Trinajstić information content (AvgIpc) is 2.74. The highest BCUT2D eigenvalue weighted by Crippen LogP contribution is 2.30. The Hall–Kier alpha value is -3.25. The molecule has 0 atom stereocenters. The van der Waals surface area contributed by atoms with Crippen LogP contribution in [0.1, 0.15) is 53.2 Å². The summed E-state index contributed by atoms with van der Waals surface area (Å²) in [5, 5.41) is 22.0. The van der Waals surface area contributed by atoms with Crippen molar-refractivity contribution in [2.24, 2.45) is 5.92 Å². The van der Waals surface area contributed by atoms with E-state index in [-0.39, 0.29) is 23.1 Å². The number of hydrogen-bond acceptors (Lipinski definition) is 7. The molecule has 2 aromatic rings. The van der Waals surface area contributed by atoms with Crippen LogP contribution in [0.25, 0.3) is 0 Å². The third-order valence-electron chi connectivity index (χ3n) is 4.97. The van der Waals surface area contributed by atoms with Gasteiger partial charge < -0.3 is 15.3 Å². The highest BCUT2D eigenvalue weighted by molar-refractivity contribution is 6.31. The van der Waals surface area contributed by atoms with Gasteiger partial charge in [0.15, 0.2) is 28.8 Å². The van der Waals surface area contributed by atoms with E-state index in [0.29, 0.717) is 42.6 Å². The van der Waals surface area contributed by atoms with Crippen LogP contribution in [-0.4, -0.2) is 46.0 Å². The molecular formula is C21H21ClFN5O3. The maximum atomic E-state index is 14.1. The summed E-state index contributed by atoms with van der Waals surface area (Å²) in [4.78, 5) is 34.5. The smallest absolute Gasteiger partial charge is 0.357 e. The number of hydrogen-bond donors (Lipinski definition) is 2. The topological polar surface area (TPSA) is 119 Å². The Morgan fingerprint density at radius 2 is 2.00 bits per heavy atom. The first-order chi connectivity index (χ1) is 14.7. The Kier molecular flexibility index (Phi) is 6.71. The Labute approximate surface area is 183 Å². The van der Waals surface area contributed by atoms with Gasteiger partial charge in [0.25, 0.3) is 0 Å². The van der Waals surface area contributed by atoms with Gasteiger partial charge in [0.2, 0.25) is 0 Å². The summed E-state index contributed by atoms with van der Waals surface area (Å²) >= 11 is 5.91. The molecule has 162 valence electrons. The zero-order valence-corrected chi connectivity index (χ0v) is 17.8. The van der Waals surface area contributed by atoms with Crippen LogP contribution < -0.4 is 10.2 Å². The van der Waals surface area contributed by atoms with Gasteiger partial charge in [0.05, 0.1) is 5.56 Å². The number of piperidine rings is 1. The molecular weight excluding hydrogens is 425 g/mol. The number of carboxylic acid groups (broad SMARTS) is 1. The third kappa shape index (κ3) is 4.91. The summed E-state index contributed by atoms with van der Waals surface area (Å²) in [5.74, 6) is -2.03. The number of carbonyl (C=O) groups is 2. The minimum Gasteiger partial charge on any atom is -0.476 e. The molecule has 0 spiro atoms. The summed E-state index contributed by atoms with van der Waals surface area (Å²) in [5.41, 5.74) is -0.730. The van der Waals surface area contributed by atoms with Crippen molar-refractivity contribution >= 4 is 35.0 Å². The average molecular weight is 446 g/mol. The Morgan fingerprint density at radius 3 is 2.58 bits per heavy atom. The van der Waals surface area contributed by atoms with E-state index in [1.54, 1.807) is 6.07 Å². The zero-order valence-electron chi connectivity index (χ0n) is 17.0. The van der Waals surface area contributed by atoms with Crippen molar-refractivity contribution in [1.29, 1.82) is 5.26 Å². The van der Waals surface area contributed by atoms with Crippen LogP contribution >= 0.6 is 11.6 Å². The zero-order chi connectivity index (χ0) is 22.7. The number of benzene rings is 1. The number of rotatable bonds is 6. The second-order valence-electron chi connectivity index (χ2n) is 7.56. The highest BCUT2D eigenvalue weighted by atomic mass is 35.5. The lowest BCUT2D eigenvalue weighted by Crippen LogP contribution is -2.38. The number of aromatic nitrogens is 2. The van der Waals surface area contributed by atoms with E-state index in [0.717, 1.165) is 0 Å². The first kappa shape index (κ1) is 22.4. The van der Waals surface area contributed by atoms with Crippen molar-refractivity contribution in [1.82, 2.24) is 9.97 Å². The number of Topliss-reactive ketones (excluding diaryl/α,β-unsaturated/α-hetero) is 1. The molecule has 31 heavy (non-hydrogen) atoms. The normalized spacial score (nSPS) is 14.4. The quantitative estimate of drug-likeness (QED) is 0.645. The molecule has 1 fully saturated rings. The molecule has 0 amide bonds. The number of anilines is 2. The highest BCUT2D eigenvalue weighted by Gasteiger charge is 2.30. The number of nitrogens with zero attached hydrogens (tertiary/aromatic N) is 4. The number of ketones is 1. The van der Waals surface area contributed by atoms with Crippen molar-refractivity contribution in [3.05, 3.63) is 46.0 Å². The molecule has 2 heterocycles. The number of aromatic carboxylic acids is 1. The van der Waals surface area contributed by atoms with Gasteiger partial charge in [0, 0.05) is 30.1 Å². The lowest BCUT2D eigenvalue weighted by Gasteiger charge is -2.33. The standard InChI is InChI=1S/C21H21ClFN5O3/c1-11(2)25-19-20(27-17(21(30)31)16(10-24)26-19)28-7-5-12(6-8-28)18(29)14-9-13(22)3-4-15(14)23/h3-4,9,11-12H,5-8H2,1-2H3,(H,25,26)(H,30,31). The number of halogens is 2. The summed E-state index contributed by atoms with van der Waals surface area (Å²) in [6.45, 7) is 4.55. The predicted octanol–water partition coefficient (Wildman–Crippen LogP) is 3.76. The molecule has 1 aliphatic heterocycles. The van der Waals surface area contributed by atoms with Gasteiger partial charge in [-0.1, -0.05) is 11.6 Å². The van der Waals surface area contributed by atoms with Gasteiger partial charge in [-0.15, -0.1) is 0 Å². The summed E-state index contributed by atoms with van der Waals surface area (Å²) in [6, 6.07) is 5.64. The van der Waals surface area contributed by atoms with Crippen LogP contribution in [0, 0.1) is 23.1 Å². The van der Waals surface area contributed by atoms with E-state index < -0.39 is 23.4 Å². The number of carboxylic acids is 1. The van der Waals surface area contributed by atoms with Crippen molar-refractivity contribution in [2.75, 3.05) is 23.3 Å². The summed E-state index contributed by atoms with van der Waals surface area (Å²) in [7, 11) is 0. The largest absolute Gasteiger partial charge is 0.476 e. The van der Waals surface area contributed by atoms with E-state index in [9.17, 15) is 24.3 Å². The molecule has 3 rings (SSSR count). The van der Waals surface area contributed by atoms with Crippen molar-refractivity contribution in [3.8, 4) is 6.07 Å². The molecule has 0 radical (unpaired) electrons. The van der Waals surface area contributed by atoms with E-state index in [2.05, 4.69) is 15.3 Å². The minimum absolute atomic E-state index is 0.0276. The van der Waals surface area contributed by atoms with E-state index in [1.807, 2.05) is 18.7 Å². The van der Waals surface area contributed by atoms with Crippen LogP contribution in [-0.2, 0) is 0 Å². The maximum absolute atomic E-state index is 14.1. The number of carbonyl (C=O) groups excluding carboxylic acids is 1. The Balaban J connectivity index is 1.85. The van der Waals surface area contributed by atoms with Crippen LogP contribution in [0.4, 0.5) is 16.0 Å². The van der Waals surface area contributed by atoms with Gasteiger partial charge in [-0.3, -0.25) is 4.79 Å². The molecule has 1 aromatic carbocycles. The molecule has 1 saturated heterocycles. The molecule has 2 N–H and O–H groups in total. The van der Waals surface area contributed by atoms with Crippen LogP contribution in [0.5, 0.6) is 0 Å². The molecule has 1 aliphatic rings. The van der Waals surface area contributed by atoms with Gasteiger partial charge in [0.1, 0.15) is 11.9 Å². The third-order valence-corrected chi connectivity index (χ3v) is 5.21. The van der Waals surface area contributed by atoms with Crippen molar-refractivity contribution in [3.63, 3.8) is 0 Å². The molecule has 0 saturated carbocycles. The molecule has 0 aliphatic carbocycles. The van der Waals surface area contributed by atoms with Gasteiger partial charge in [-0.25, -0.2) is 19.2 Å². The van der Waals surface area contributed by atoms with Crippen LogP contribution in [0.2, 0.25) is 5.02 Å². The fraction of sp³-hybridized carbons (Fsp3) is 0.381. The first-order valence-electron chi connectivity index (χ1n) is 9.77. The number of nitrogens with one attached hydrogen (secondary N) is 1. The number of nitriles is 1. The monoisotopic (exact) mass is 445 g/mol. The fourth-order valence-electron chi connectivity index (χ4n) is 3.50. The van der Waals surface area contributed by atoms with Gasteiger partial charge in [-0.05, 0) is 44.9 Å². The molecule has 0 unspecified atom stereocenters. The second kappa shape index (κ2) is 9.27. The van der Waals surface area contributed by atoms with Crippen LogP contribution in [0.15, 0.2) is 18.2 Å². The van der Waals surface area contributed by atoms with Gasteiger partial charge in [-0.2, -0.15) is 5.26 Å². The molecule has 10 heteroatoms. The van der Waals surface area contributed by atoms with E-state index >= 15 is 0 Å². The van der Waals surface area contributed by atoms with Crippen molar-refractivity contribution in [2.45, 2.75) is 32.7 Å².